The first kappa shape index (κ1) is 18.4. The van der Waals surface area contributed by atoms with Gasteiger partial charge in [-0.15, -0.1) is 15.3 Å². The number of azo groups is 1. The fourth-order valence-electron chi connectivity index (χ4n) is 2.93. The first-order valence-electron chi connectivity index (χ1n) is 8.68. The first-order chi connectivity index (χ1) is 13.6. The van der Waals surface area contributed by atoms with Crippen molar-refractivity contribution in [2.45, 2.75) is 19.3 Å². The summed E-state index contributed by atoms with van der Waals surface area (Å²) in [6.07, 6.45) is 2.93. The average Bonchev–Trinajstić information content (AvgIpc) is 2.99. The highest BCUT2D eigenvalue weighted by Gasteiger charge is 2.15. The van der Waals surface area contributed by atoms with Crippen LogP contribution >= 0.6 is 22.9 Å². The second-order valence-electron chi connectivity index (χ2n) is 6.22. The molecule has 1 aliphatic carbocycles. The maximum Gasteiger partial charge on any atom is 0.251 e. The molecule has 0 amide bonds. The van der Waals surface area contributed by atoms with E-state index in [4.69, 9.17) is 17.4 Å². The Hall–Kier alpha value is -2.97. The number of fused-ring (bicyclic) bond motifs is 1. The Labute approximate surface area is 170 Å². The lowest BCUT2D eigenvalue weighted by atomic mass is 9.90. The van der Waals surface area contributed by atoms with Crippen LogP contribution in [0.5, 0.6) is 5.88 Å². The number of nitrogens with two attached hydrogens (primary N) is 1. The smallest absolute Gasteiger partial charge is 0.251 e. The van der Waals surface area contributed by atoms with E-state index in [0.29, 0.717) is 15.5 Å². The van der Waals surface area contributed by atoms with Gasteiger partial charge in [0, 0.05) is 10.6 Å². The van der Waals surface area contributed by atoms with Gasteiger partial charge in [-0.25, -0.2) is 0 Å². The molecule has 3 aromatic rings. The van der Waals surface area contributed by atoms with E-state index in [0.717, 1.165) is 46.6 Å². The Morgan fingerprint density at radius 2 is 1.79 bits per heavy atom. The van der Waals surface area contributed by atoms with Gasteiger partial charge in [0.1, 0.15) is 0 Å². The summed E-state index contributed by atoms with van der Waals surface area (Å²) in [5.41, 5.74) is 3.91. The Morgan fingerprint density at radius 3 is 2.61 bits per heavy atom. The molecule has 0 atom stereocenters. The molecule has 2 aromatic carbocycles. The van der Waals surface area contributed by atoms with E-state index in [2.05, 4.69) is 32.6 Å². The molecule has 1 aromatic heterocycles. The summed E-state index contributed by atoms with van der Waals surface area (Å²) < 4.78 is 1.06. The van der Waals surface area contributed by atoms with E-state index in [1.165, 1.54) is 5.56 Å². The number of aromatic hydroxyl groups is 1. The second kappa shape index (κ2) is 7.95. The lowest BCUT2D eigenvalue weighted by Gasteiger charge is -2.16. The maximum atomic E-state index is 10.2. The van der Waals surface area contributed by atoms with Crippen molar-refractivity contribution in [3.8, 4) is 5.88 Å². The molecule has 4 rings (SSSR count). The summed E-state index contributed by atoms with van der Waals surface area (Å²) >= 11 is 6.96. The topological polar surface area (TPSA) is 101 Å². The third-order valence-corrected chi connectivity index (χ3v) is 5.51. The van der Waals surface area contributed by atoms with Gasteiger partial charge in [0.25, 0.3) is 5.88 Å². The molecule has 0 saturated carbocycles. The van der Waals surface area contributed by atoms with Crippen LogP contribution in [0.1, 0.15) is 24.0 Å². The molecule has 142 valence electrons. The van der Waals surface area contributed by atoms with E-state index in [1.54, 1.807) is 24.3 Å². The summed E-state index contributed by atoms with van der Waals surface area (Å²) in [6, 6.07) is 15.1. The quantitative estimate of drug-likeness (QED) is 0.370. The van der Waals surface area contributed by atoms with Crippen molar-refractivity contribution in [3.63, 3.8) is 0 Å². The molecule has 0 aliphatic heterocycles. The third kappa shape index (κ3) is 3.83. The molecule has 0 bridgehead atoms. The van der Waals surface area contributed by atoms with Crippen LogP contribution in [0.2, 0.25) is 5.02 Å². The zero-order chi connectivity index (χ0) is 19.5. The van der Waals surface area contributed by atoms with Crippen LogP contribution in [0, 0.1) is 0 Å². The summed E-state index contributed by atoms with van der Waals surface area (Å²) in [7, 11) is 0. The largest absolute Gasteiger partial charge is 0.491 e. The zero-order valence-electron chi connectivity index (χ0n) is 14.8. The van der Waals surface area contributed by atoms with E-state index in [-0.39, 0.29) is 10.9 Å². The van der Waals surface area contributed by atoms with Crippen molar-refractivity contribution in [1.29, 1.82) is 0 Å². The van der Waals surface area contributed by atoms with E-state index < -0.39 is 0 Å². The van der Waals surface area contributed by atoms with Crippen LogP contribution in [-0.4, -0.2) is 15.5 Å². The normalized spacial score (nSPS) is 16.0. The Kier molecular flexibility index (Phi) is 5.23. The highest BCUT2D eigenvalue weighted by molar-refractivity contribution is 7.13. The second-order valence-corrected chi connectivity index (χ2v) is 7.61. The van der Waals surface area contributed by atoms with Crippen molar-refractivity contribution in [2.75, 3.05) is 5.84 Å². The number of nitrogens with zero attached hydrogens (tertiary/aromatic N) is 5. The number of hydrogen-bond acceptors (Lipinski definition) is 7. The molecular formula is C19H17ClN6OS. The number of thiazole rings is 1. The molecule has 0 saturated heterocycles. The minimum absolute atomic E-state index is 0.217. The number of aromatic nitrogens is 1. The summed E-state index contributed by atoms with van der Waals surface area (Å²) in [5, 5.41) is 27.8. The number of rotatable bonds is 3. The van der Waals surface area contributed by atoms with Gasteiger partial charge in [0.15, 0.2) is 0 Å². The highest BCUT2D eigenvalue weighted by Crippen LogP contribution is 2.30. The molecule has 0 radical (unpaired) electrons. The number of aryl methyl sites for hydroxylation is 1. The van der Waals surface area contributed by atoms with Crippen molar-refractivity contribution in [2.24, 2.45) is 20.4 Å². The predicted octanol–water partition coefficient (Wildman–Crippen LogP) is 4.68. The lowest BCUT2D eigenvalue weighted by Crippen LogP contribution is -2.22. The van der Waals surface area contributed by atoms with Crippen LogP contribution in [0.25, 0.3) is 0 Å². The predicted molar refractivity (Wildman–Crippen MR) is 111 cm³/mol. The summed E-state index contributed by atoms with van der Waals surface area (Å²) in [6.45, 7) is 0. The molecule has 0 spiro atoms. The summed E-state index contributed by atoms with van der Waals surface area (Å²) in [5.74, 6) is 5.68. The average molecular weight is 413 g/mol. The van der Waals surface area contributed by atoms with Crippen molar-refractivity contribution < 1.29 is 5.11 Å². The maximum absolute atomic E-state index is 10.2. The Balaban J connectivity index is 1.65. The van der Waals surface area contributed by atoms with Gasteiger partial charge in [-0.2, -0.15) is 9.78 Å². The highest BCUT2D eigenvalue weighted by atomic mass is 35.5. The third-order valence-electron chi connectivity index (χ3n) is 4.34. The fraction of sp³-hybridized carbons (Fsp3) is 0.158. The van der Waals surface area contributed by atoms with Gasteiger partial charge < -0.3 is 10.9 Å². The lowest BCUT2D eigenvalue weighted by molar-refractivity contribution is 0.436. The SMILES string of the molecule is Nn1c(O)c(N=Nc2ccc(Cl)cc2)s/c1=N/N=C1\CCCc2ccccc21. The van der Waals surface area contributed by atoms with Crippen molar-refractivity contribution in [1.82, 2.24) is 4.68 Å². The zero-order valence-corrected chi connectivity index (χ0v) is 16.4. The molecule has 7 nitrogen and oxygen atoms in total. The van der Waals surface area contributed by atoms with Crippen molar-refractivity contribution >= 4 is 39.3 Å². The molecular weight excluding hydrogens is 396 g/mol. The molecule has 28 heavy (non-hydrogen) atoms. The minimum atomic E-state index is -0.217. The van der Waals surface area contributed by atoms with Crippen LogP contribution in [-0.2, 0) is 6.42 Å². The molecule has 3 N–H and O–H groups in total. The Bertz CT molecular complexity index is 1130. The molecule has 1 heterocycles. The van der Waals surface area contributed by atoms with Crippen LogP contribution < -0.4 is 10.6 Å². The van der Waals surface area contributed by atoms with Gasteiger partial charge in [-0.3, -0.25) is 0 Å². The first-order valence-corrected chi connectivity index (χ1v) is 9.87. The molecule has 0 fully saturated rings. The molecule has 9 heteroatoms. The van der Waals surface area contributed by atoms with Gasteiger partial charge >= 0.3 is 0 Å². The van der Waals surface area contributed by atoms with Crippen molar-refractivity contribution in [3.05, 3.63) is 69.5 Å². The van der Waals surface area contributed by atoms with E-state index in [1.807, 2.05) is 12.1 Å². The summed E-state index contributed by atoms with van der Waals surface area (Å²) in [4.78, 5) is 0.332. The molecule has 1 aliphatic rings. The van der Waals surface area contributed by atoms with Gasteiger partial charge in [-0.1, -0.05) is 47.2 Å². The van der Waals surface area contributed by atoms with Crippen LogP contribution in [0.3, 0.4) is 0 Å². The number of nitrogen functional groups attached to an aromatic ring is 1. The van der Waals surface area contributed by atoms with E-state index >= 15 is 0 Å². The number of hydrogen-bond donors (Lipinski definition) is 2. The van der Waals surface area contributed by atoms with Gasteiger partial charge in [-0.05, 0) is 49.1 Å². The number of halogens is 1. The standard InChI is InChI=1S/C19H17ClN6OS/c20-13-8-10-14(11-9-13)22-24-17-18(27)26(21)19(28-17)25-23-16-7-3-5-12-4-1-2-6-15(12)16/h1-2,4,6,8-11,27H,3,5,7,21H2/b23-16+,24-22?,25-19+. The van der Waals surface area contributed by atoms with Gasteiger partial charge in [0.2, 0.25) is 9.80 Å². The van der Waals surface area contributed by atoms with Crippen LogP contribution in [0.15, 0.2) is 69.0 Å². The van der Waals surface area contributed by atoms with Gasteiger partial charge in [0.05, 0.1) is 11.4 Å². The Morgan fingerprint density at radius 1 is 1.00 bits per heavy atom. The minimum Gasteiger partial charge on any atom is -0.491 e. The van der Waals surface area contributed by atoms with E-state index in [9.17, 15) is 5.11 Å². The number of benzene rings is 2. The van der Waals surface area contributed by atoms with Crippen LogP contribution in [0.4, 0.5) is 10.7 Å². The fourth-order valence-corrected chi connectivity index (χ4v) is 3.76. The molecule has 0 unspecified atom stereocenters. The monoisotopic (exact) mass is 412 g/mol.